The first-order valence-corrected chi connectivity index (χ1v) is 6.37. The molecule has 1 aromatic heterocycles. The number of alkyl halides is 1. The molecule has 90 valence electrons. The predicted octanol–water partition coefficient (Wildman–Crippen LogP) is 3.28. The van der Waals surface area contributed by atoms with Gasteiger partial charge in [-0.1, -0.05) is 23.7 Å². The fourth-order valence-corrected chi connectivity index (χ4v) is 2.08. The summed E-state index contributed by atoms with van der Waals surface area (Å²) in [4.78, 5) is 0. The van der Waals surface area contributed by atoms with Crippen molar-refractivity contribution in [3.05, 3.63) is 46.5 Å². The summed E-state index contributed by atoms with van der Waals surface area (Å²) in [5.74, 6) is 2.14. The molecule has 2 aromatic rings. The molecule has 0 fully saturated rings. The molecule has 0 bridgehead atoms. The Morgan fingerprint density at radius 2 is 1.76 bits per heavy atom. The van der Waals surface area contributed by atoms with Gasteiger partial charge >= 0.3 is 0 Å². The molecule has 1 aromatic carbocycles. The molecule has 0 saturated carbocycles. The second kappa shape index (κ2) is 5.52. The van der Waals surface area contributed by atoms with Crippen LogP contribution in [0.1, 0.15) is 24.1 Å². The highest BCUT2D eigenvalue weighted by molar-refractivity contribution is 6.30. The summed E-state index contributed by atoms with van der Waals surface area (Å²) in [5.41, 5.74) is 1.16. The van der Waals surface area contributed by atoms with E-state index < -0.39 is 0 Å². The molecule has 1 heterocycles. The smallest absolute Gasteiger partial charge is 0.147 e. The normalized spacial score (nSPS) is 10.8. The maximum atomic E-state index is 5.85. The van der Waals surface area contributed by atoms with E-state index in [1.165, 1.54) is 0 Å². The van der Waals surface area contributed by atoms with Gasteiger partial charge in [-0.3, -0.25) is 0 Å². The lowest BCUT2D eigenvalue weighted by molar-refractivity contribution is 0.687. The van der Waals surface area contributed by atoms with Crippen LogP contribution in [-0.4, -0.2) is 14.8 Å². The summed E-state index contributed by atoms with van der Waals surface area (Å²) in [6.45, 7) is 2.89. The van der Waals surface area contributed by atoms with Gasteiger partial charge in [-0.15, -0.1) is 21.8 Å². The van der Waals surface area contributed by atoms with Gasteiger partial charge in [-0.2, -0.15) is 0 Å². The second-order valence-corrected chi connectivity index (χ2v) is 4.42. The van der Waals surface area contributed by atoms with E-state index in [9.17, 15) is 0 Å². The van der Waals surface area contributed by atoms with Crippen molar-refractivity contribution in [2.75, 3.05) is 0 Å². The molecule has 0 aliphatic rings. The van der Waals surface area contributed by atoms with Crippen molar-refractivity contribution in [3.63, 3.8) is 0 Å². The summed E-state index contributed by atoms with van der Waals surface area (Å²) in [6, 6.07) is 7.76. The molecule has 2 rings (SSSR count). The van der Waals surface area contributed by atoms with E-state index in [-0.39, 0.29) is 0 Å². The van der Waals surface area contributed by atoms with Crippen LogP contribution in [-0.2, 0) is 18.8 Å². The van der Waals surface area contributed by atoms with Gasteiger partial charge in [0.15, 0.2) is 0 Å². The molecule has 0 unspecified atom stereocenters. The van der Waals surface area contributed by atoms with Crippen LogP contribution in [0.15, 0.2) is 24.3 Å². The third-order valence-corrected chi connectivity index (χ3v) is 3.11. The lowest BCUT2D eigenvalue weighted by atomic mass is 10.1. The largest absolute Gasteiger partial charge is 0.314 e. The summed E-state index contributed by atoms with van der Waals surface area (Å²) < 4.78 is 2.04. The van der Waals surface area contributed by atoms with Gasteiger partial charge in [0, 0.05) is 18.0 Å². The fourth-order valence-electron chi connectivity index (χ4n) is 1.75. The van der Waals surface area contributed by atoms with Crippen molar-refractivity contribution < 1.29 is 0 Å². The van der Waals surface area contributed by atoms with E-state index in [2.05, 4.69) is 17.1 Å². The summed E-state index contributed by atoms with van der Waals surface area (Å²) in [5, 5.41) is 8.99. The quantitative estimate of drug-likeness (QED) is 0.798. The van der Waals surface area contributed by atoms with E-state index in [0.717, 1.165) is 35.2 Å². The van der Waals surface area contributed by atoms with Crippen LogP contribution in [0.25, 0.3) is 0 Å². The van der Waals surface area contributed by atoms with Gasteiger partial charge in [-0.25, -0.2) is 0 Å². The van der Waals surface area contributed by atoms with Crippen molar-refractivity contribution in [1.82, 2.24) is 14.8 Å². The number of aromatic nitrogens is 3. The Labute approximate surface area is 110 Å². The van der Waals surface area contributed by atoms with Crippen LogP contribution < -0.4 is 0 Å². The van der Waals surface area contributed by atoms with Crippen molar-refractivity contribution in [2.45, 2.75) is 25.8 Å². The minimum Gasteiger partial charge on any atom is -0.314 e. The highest BCUT2D eigenvalue weighted by Crippen LogP contribution is 2.14. The highest BCUT2D eigenvalue weighted by Gasteiger charge is 2.09. The van der Waals surface area contributed by atoms with Gasteiger partial charge in [0.1, 0.15) is 11.6 Å². The molecule has 0 atom stereocenters. The molecule has 0 aliphatic heterocycles. The van der Waals surface area contributed by atoms with Crippen LogP contribution in [0.3, 0.4) is 0 Å². The summed E-state index contributed by atoms with van der Waals surface area (Å²) in [6.07, 6.45) is 0.745. The number of halogens is 2. The molecule has 3 nitrogen and oxygen atoms in total. The van der Waals surface area contributed by atoms with Gasteiger partial charge in [-0.05, 0) is 24.6 Å². The Balaban J connectivity index is 2.23. The number of benzene rings is 1. The van der Waals surface area contributed by atoms with Gasteiger partial charge in [0.2, 0.25) is 0 Å². The maximum Gasteiger partial charge on any atom is 0.147 e. The first-order chi connectivity index (χ1) is 8.24. The number of rotatable bonds is 4. The van der Waals surface area contributed by atoms with E-state index >= 15 is 0 Å². The average Bonchev–Trinajstić information content (AvgIpc) is 2.74. The van der Waals surface area contributed by atoms with E-state index in [4.69, 9.17) is 23.2 Å². The Morgan fingerprint density at radius 1 is 1.12 bits per heavy atom. The van der Waals surface area contributed by atoms with Gasteiger partial charge in [0.05, 0.1) is 5.88 Å². The number of hydrogen-bond donors (Lipinski definition) is 0. The predicted molar refractivity (Wildman–Crippen MR) is 69.5 cm³/mol. The van der Waals surface area contributed by atoms with Crippen LogP contribution >= 0.6 is 23.2 Å². The zero-order valence-corrected chi connectivity index (χ0v) is 11.0. The number of hydrogen-bond acceptors (Lipinski definition) is 2. The van der Waals surface area contributed by atoms with E-state index in [1.807, 2.05) is 28.8 Å². The monoisotopic (exact) mass is 269 g/mol. The molecule has 0 spiro atoms. The van der Waals surface area contributed by atoms with Crippen molar-refractivity contribution >= 4 is 23.2 Å². The van der Waals surface area contributed by atoms with Crippen molar-refractivity contribution in [1.29, 1.82) is 0 Å². The molecule has 0 amide bonds. The lowest BCUT2D eigenvalue weighted by Crippen LogP contribution is -2.05. The van der Waals surface area contributed by atoms with Crippen LogP contribution in [0, 0.1) is 0 Å². The molecule has 5 heteroatoms. The van der Waals surface area contributed by atoms with Crippen LogP contribution in [0.5, 0.6) is 0 Å². The maximum absolute atomic E-state index is 5.85. The van der Waals surface area contributed by atoms with Gasteiger partial charge < -0.3 is 4.57 Å². The summed E-state index contributed by atoms with van der Waals surface area (Å²) in [7, 11) is 0. The van der Waals surface area contributed by atoms with E-state index in [1.54, 1.807) is 0 Å². The SMILES string of the molecule is CCn1c(CCl)nnc1Cc1ccc(Cl)cc1. The van der Waals surface area contributed by atoms with E-state index in [0.29, 0.717) is 5.88 Å². The topological polar surface area (TPSA) is 30.7 Å². The molecular weight excluding hydrogens is 257 g/mol. The Bertz CT molecular complexity index is 491. The zero-order valence-electron chi connectivity index (χ0n) is 9.53. The first kappa shape index (κ1) is 12.4. The minimum absolute atomic E-state index is 0.390. The molecule has 0 N–H and O–H groups in total. The lowest BCUT2D eigenvalue weighted by Gasteiger charge is -2.06. The molecular formula is C12H13Cl2N3. The fraction of sp³-hybridized carbons (Fsp3) is 0.333. The molecule has 17 heavy (non-hydrogen) atoms. The Hall–Kier alpha value is -1.06. The first-order valence-electron chi connectivity index (χ1n) is 5.46. The standard InChI is InChI=1S/C12H13Cl2N3/c1-2-17-11(15-16-12(17)8-13)7-9-3-5-10(14)6-4-9/h3-6H,2,7-8H2,1H3. The third kappa shape index (κ3) is 2.79. The Morgan fingerprint density at radius 3 is 2.35 bits per heavy atom. The second-order valence-electron chi connectivity index (χ2n) is 3.71. The summed E-state index contributed by atoms with van der Waals surface area (Å²) >= 11 is 11.7. The molecule has 0 aliphatic carbocycles. The zero-order chi connectivity index (χ0) is 12.3. The van der Waals surface area contributed by atoms with Gasteiger partial charge in [0.25, 0.3) is 0 Å². The molecule has 0 radical (unpaired) electrons. The molecule has 0 saturated heterocycles. The minimum atomic E-state index is 0.390. The van der Waals surface area contributed by atoms with Crippen molar-refractivity contribution in [3.8, 4) is 0 Å². The van der Waals surface area contributed by atoms with Crippen molar-refractivity contribution in [2.24, 2.45) is 0 Å². The van der Waals surface area contributed by atoms with Crippen LogP contribution in [0.4, 0.5) is 0 Å². The number of nitrogens with zero attached hydrogens (tertiary/aromatic N) is 3. The third-order valence-electron chi connectivity index (χ3n) is 2.62. The van der Waals surface area contributed by atoms with Crippen LogP contribution in [0.2, 0.25) is 5.02 Å². The highest BCUT2D eigenvalue weighted by atomic mass is 35.5. The average molecular weight is 270 g/mol. The Kier molecular flexibility index (Phi) is 4.02.